The fourth-order valence-electron chi connectivity index (χ4n) is 2.62. The molecule has 5 nitrogen and oxygen atoms in total. The van der Waals surface area contributed by atoms with Crippen LogP contribution in [0.25, 0.3) is 0 Å². The lowest BCUT2D eigenvalue weighted by atomic mass is 10.0. The van der Waals surface area contributed by atoms with Crippen molar-refractivity contribution in [2.75, 3.05) is 33.4 Å². The third-order valence-electron chi connectivity index (χ3n) is 3.71. The average molecular weight is 266 g/mol. The van der Waals surface area contributed by atoms with Gasteiger partial charge in [-0.1, -0.05) is 6.07 Å². The first-order valence-corrected chi connectivity index (χ1v) is 6.61. The zero-order chi connectivity index (χ0) is 13.8. The largest absolute Gasteiger partial charge is 0.504 e. The molecule has 1 aliphatic heterocycles. The molecule has 1 heterocycles. The minimum absolute atomic E-state index is 0.0538. The van der Waals surface area contributed by atoms with E-state index in [1.165, 1.54) is 7.11 Å². The first-order chi connectivity index (χ1) is 9.17. The second-order valence-electron chi connectivity index (χ2n) is 4.92. The summed E-state index contributed by atoms with van der Waals surface area (Å²) in [5.74, 6) is 0.565. The highest BCUT2D eigenvalue weighted by Gasteiger charge is 2.27. The Labute approximate surface area is 113 Å². The maximum atomic E-state index is 9.72. The van der Waals surface area contributed by atoms with Crippen molar-refractivity contribution in [3.05, 3.63) is 23.8 Å². The Morgan fingerprint density at radius 1 is 1.53 bits per heavy atom. The Kier molecular flexibility index (Phi) is 4.63. The van der Waals surface area contributed by atoms with Gasteiger partial charge in [0, 0.05) is 25.7 Å². The number of rotatable bonds is 4. The number of phenolic OH excluding ortho intramolecular Hbond substituents is 1. The van der Waals surface area contributed by atoms with E-state index in [0.29, 0.717) is 11.8 Å². The fourth-order valence-corrected chi connectivity index (χ4v) is 2.62. The molecule has 1 fully saturated rings. The van der Waals surface area contributed by atoms with Gasteiger partial charge in [-0.2, -0.15) is 0 Å². The van der Waals surface area contributed by atoms with E-state index < -0.39 is 0 Å². The van der Waals surface area contributed by atoms with Gasteiger partial charge >= 0.3 is 0 Å². The molecule has 106 valence electrons. The maximum Gasteiger partial charge on any atom is 0.160 e. The molecule has 0 aromatic heterocycles. The number of aliphatic hydroxyl groups excluding tert-OH is 1. The summed E-state index contributed by atoms with van der Waals surface area (Å²) in [5.41, 5.74) is 0.964. The molecule has 5 heteroatoms. The standard InChI is InChI=1S/C14H22N2O3/c1-10-8-15-5-6-16(10)12(9-17)11-3-4-13(18)14(7-11)19-2/h3-4,7,10,12,15,17-18H,5-6,8-9H2,1-2H3. The number of benzene rings is 1. The molecular formula is C14H22N2O3. The minimum Gasteiger partial charge on any atom is -0.504 e. The van der Waals surface area contributed by atoms with E-state index >= 15 is 0 Å². The molecule has 0 amide bonds. The van der Waals surface area contributed by atoms with Crippen LogP contribution in [-0.2, 0) is 0 Å². The van der Waals surface area contributed by atoms with Gasteiger partial charge in [-0.3, -0.25) is 4.90 Å². The number of nitrogens with zero attached hydrogens (tertiary/aromatic N) is 1. The van der Waals surface area contributed by atoms with Gasteiger partial charge in [0.2, 0.25) is 0 Å². The monoisotopic (exact) mass is 266 g/mol. The molecule has 1 aromatic rings. The van der Waals surface area contributed by atoms with Gasteiger partial charge in [-0.05, 0) is 24.6 Å². The summed E-state index contributed by atoms with van der Waals surface area (Å²) in [5, 5.41) is 22.7. The van der Waals surface area contributed by atoms with E-state index in [9.17, 15) is 10.2 Å². The van der Waals surface area contributed by atoms with Crippen LogP contribution in [0.1, 0.15) is 18.5 Å². The molecular weight excluding hydrogens is 244 g/mol. The number of aromatic hydroxyl groups is 1. The third kappa shape index (κ3) is 3.00. The highest BCUT2D eigenvalue weighted by atomic mass is 16.5. The van der Waals surface area contributed by atoms with Crippen molar-refractivity contribution in [1.29, 1.82) is 0 Å². The van der Waals surface area contributed by atoms with Gasteiger partial charge in [0.25, 0.3) is 0 Å². The van der Waals surface area contributed by atoms with E-state index in [-0.39, 0.29) is 18.4 Å². The molecule has 3 N–H and O–H groups in total. The quantitative estimate of drug-likeness (QED) is 0.750. The van der Waals surface area contributed by atoms with Gasteiger partial charge in [0.15, 0.2) is 11.5 Å². The van der Waals surface area contributed by atoms with E-state index in [1.54, 1.807) is 12.1 Å². The predicted octanol–water partition coefficient (Wildman–Crippen LogP) is 0.728. The number of ether oxygens (including phenoxy) is 1. The Morgan fingerprint density at radius 2 is 2.32 bits per heavy atom. The number of hydrogen-bond donors (Lipinski definition) is 3. The Hall–Kier alpha value is -1.30. The summed E-state index contributed by atoms with van der Waals surface area (Å²) in [6.45, 7) is 4.95. The summed E-state index contributed by atoms with van der Waals surface area (Å²) in [4.78, 5) is 2.28. The van der Waals surface area contributed by atoms with Crippen LogP contribution < -0.4 is 10.1 Å². The summed E-state index contributed by atoms with van der Waals surface area (Å²) in [6, 6.07) is 5.56. The molecule has 1 saturated heterocycles. The average Bonchev–Trinajstić information content (AvgIpc) is 2.43. The molecule has 1 aromatic carbocycles. The fraction of sp³-hybridized carbons (Fsp3) is 0.571. The molecule has 2 unspecified atom stereocenters. The van der Waals surface area contributed by atoms with Crippen molar-refractivity contribution in [3.63, 3.8) is 0 Å². The normalized spacial score (nSPS) is 22.2. The number of phenols is 1. The summed E-state index contributed by atoms with van der Waals surface area (Å²) in [6.07, 6.45) is 0. The Morgan fingerprint density at radius 3 is 2.95 bits per heavy atom. The molecule has 0 bridgehead atoms. The zero-order valence-corrected chi connectivity index (χ0v) is 11.5. The molecule has 0 radical (unpaired) electrons. The van der Waals surface area contributed by atoms with Crippen molar-refractivity contribution >= 4 is 0 Å². The van der Waals surface area contributed by atoms with Crippen LogP contribution in [-0.4, -0.2) is 54.5 Å². The number of aliphatic hydroxyl groups is 1. The molecule has 2 atom stereocenters. The van der Waals surface area contributed by atoms with Gasteiger partial charge < -0.3 is 20.3 Å². The van der Waals surface area contributed by atoms with Crippen LogP contribution >= 0.6 is 0 Å². The van der Waals surface area contributed by atoms with E-state index in [1.807, 2.05) is 6.07 Å². The zero-order valence-electron chi connectivity index (χ0n) is 11.5. The van der Waals surface area contributed by atoms with E-state index in [4.69, 9.17) is 4.74 Å². The van der Waals surface area contributed by atoms with E-state index in [2.05, 4.69) is 17.1 Å². The summed E-state index contributed by atoms with van der Waals surface area (Å²) >= 11 is 0. The van der Waals surface area contributed by atoms with E-state index in [0.717, 1.165) is 25.2 Å². The summed E-state index contributed by atoms with van der Waals surface area (Å²) in [7, 11) is 1.53. The molecule has 1 aliphatic rings. The molecule has 2 rings (SSSR count). The molecule has 0 spiro atoms. The van der Waals surface area contributed by atoms with Gasteiger partial charge in [-0.25, -0.2) is 0 Å². The van der Waals surface area contributed by atoms with Crippen LogP contribution in [0.5, 0.6) is 11.5 Å². The number of hydrogen-bond acceptors (Lipinski definition) is 5. The number of nitrogens with one attached hydrogen (secondary N) is 1. The van der Waals surface area contributed by atoms with Crippen LogP contribution in [0.4, 0.5) is 0 Å². The lowest BCUT2D eigenvalue weighted by Crippen LogP contribution is -2.51. The maximum absolute atomic E-state index is 9.72. The summed E-state index contributed by atoms with van der Waals surface area (Å²) < 4.78 is 5.13. The lowest BCUT2D eigenvalue weighted by molar-refractivity contribution is 0.0722. The lowest BCUT2D eigenvalue weighted by Gasteiger charge is -2.39. The molecule has 0 saturated carbocycles. The van der Waals surface area contributed by atoms with Crippen molar-refractivity contribution in [1.82, 2.24) is 10.2 Å². The number of piperazine rings is 1. The van der Waals surface area contributed by atoms with Crippen molar-refractivity contribution in [2.45, 2.75) is 19.0 Å². The third-order valence-corrected chi connectivity index (χ3v) is 3.71. The topological polar surface area (TPSA) is 65.0 Å². The molecule has 0 aliphatic carbocycles. The minimum atomic E-state index is -0.0633. The SMILES string of the molecule is COc1cc(C(CO)N2CCNCC2C)ccc1O. The van der Waals surface area contributed by atoms with Crippen LogP contribution in [0.2, 0.25) is 0 Å². The van der Waals surface area contributed by atoms with Crippen LogP contribution in [0.3, 0.4) is 0 Å². The van der Waals surface area contributed by atoms with Crippen molar-refractivity contribution in [2.24, 2.45) is 0 Å². The molecule has 19 heavy (non-hydrogen) atoms. The van der Waals surface area contributed by atoms with Gasteiger partial charge in [0.1, 0.15) is 0 Å². The highest BCUT2D eigenvalue weighted by molar-refractivity contribution is 5.42. The van der Waals surface area contributed by atoms with Crippen LogP contribution in [0, 0.1) is 0 Å². The smallest absolute Gasteiger partial charge is 0.160 e. The Bertz CT molecular complexity index is 425. The van der Waals surface area contributed by atoms with Gasteiger partial charge in [0.05, 0.1) is 19.8 Å². The number of methoxy groups -OCH3 is 1. The second kappa shape index (κ2) is 6.23. The Balaban J connectivity index is 2.25. The van der Waals surface area contributed by atoms with Crippen LogP contribution in [0.15, 0.2) is 18.2 Å². The van der Waals surface area contributed by atoms with Gasteiger partial charge in [-0.15, -0.1) is 0 Å². The predicted molar refractivity (Wildman–Crippen MR) is 73.5 cm³/mol. The highest BCUT2D eigenvalue weighted by Crippen LogP contribution is 2.31. The first-order valence-electron chi connectivity index (χ1n) is 6.61. The van der Waals surface area contributed by atoms with Crippen molar-refractivity contribution < 1.29 is 14.9 Å². The first kappa shape index (κ1) is 14.1. The second-order valence-corrected chi connectivity index (χ2v) is 4.92. The van der Waals surface area contributed by atoms with Crippen molar-refractivity contribution in [3.8, 4) is 11.5 Å².